The van der Waals surface area contributed by atoms with Crippen molar-refractivity contribution in [2.24, 2.45) is 0 Å². The molecular formula is C14H18I2N2O4. The summed E-state index contributed by atoms with van der Waals surface area (Å²) in [6.07, 6.45) is -0.602. The monoisotopic (exact) mass is 532 g/mol. The summed E-state index contributed by atoms with van der Waals surface area (Å²) < 4.78 is 11.4. The van der Waals surface area contributed by atoms with E-state index in [1.807, 2.05) is 52.1 Å². The highest BCUT2D eigenvalue weighted by Gasteiger charge is 2.18. The van der Waals surface area contributed by atoms with Crippen molar-refractivity contribution in [2.75, 3.05) is 22.6 Å². The van der Waals surface area contributed by atoms with E-state index < -0.39 is 6.17 Å². The van der Waals surface area contributed by atoms with Crippen molar-refractivity contribution in [3.05, 3.63) is 23.8 Å². The Balaban J connectivity index is 3.08. The van der Waals surface area contributed by atoms with Crippen LogP contribution in [0, 0.1) is 0 Å². The smallest absolute Gasteiger partial charge is 0.231 e. The van der Waals surface area contributed by atoms with Crippen molar-refractivity contribution in [1.82, 2.24) is 10.6 Å². The SMILES string of the molecule is CCOc1cc(C(NC(=O)CI)NC(=O)CI)ccc1OC. The lowest BCUT2D eigenvalue weighted by Gasteiger charge is -2.21. The van der Waals surface area contributed by atoms with E-state index >= 15 is 0 Å². The van der Waals surface area contributed by atoms with E-state index in [1.54, 1.807) is 25.3 Å². The molecule has 0 radical (unpaired) electrons. The van der Waals surface area contributed by atoms with Crippen molar-refractivity contribution >= 4 is 57.0 Å². The van der Waals surface area contributed by atoms with Crippen molar-refractivity contribution in [2.45, 2.75) is 13.1 Å². The maximum atomic E-state index is 11.7. The van der Waals surface area contributed by atoms with Gasteiger partial charge in [-0.15, -0.1) is 0 Å². The Morgan fingerprint density at radius 2 is 1.73 bits per heavy atom. The lowest BCUT2D eigenvalue weighted by Crippen LogP contribution is -2.41. The molecule has 0 aromatic heterocycles. The molecule has 1 aromatic rings. The number of benzene rings is 1. The summed E-state index contributed by atoms with van der Waals surface area (Å²) in [6, 6.07) is 5.29. The third-order valence-electron chi connectivity index (χ3n) is 2.67. The fraction of sp³-hybridized carbons (Fsp3) is 0.429. The standard InChI is InChI=1S/C14H18I2N2O4/c1-3-22-11-6-9(4-5-10(11)21-2)14(17-12(19)7-15)18-13(20)8-16/h4-6,14H,3,7-8H2,1-2H3,(H,17,19)(H,18,20). The molecule has 0 bridgehead atoms. The highest BCUT2D eigenvalue weighted by Crippen LogP contribution is 2.29. The quantitative estimate of drug-likeness (QED) is 0.306. The molecule has 0 atom stereocenters. The molecule has 6 nitrogen and oxygen atoms in total. The van der Waals surface area contributed by atoms with Crippen LogP contribution in [0.5, 0.6) is 11.5 Å². The molecule has 22 heavy (non-hydrogen) atoms. The summed E-state index contributed by atoms with van der Waals surface area (Å²) in [5.74, 6) is 0.853. The van der Waals surface area contributed by atoms with Gasteiger partial charge in [-0.3, -0.25) is 9.59 Å². The summed E-state index contributed by atoms with van der Waals surface area (Å²) >= 11 is 3.94. The number of carbonyl (C=O) groups excluding carboxylic acids is 2. The van der Waals surface area contributed by atoms with Gasteiger partial charge in [0, 0.05) is 0 Å². The van der Waals surface area contributed by atoms with E-state index in [0.717, 1.165) is 5.56 Å². The molecule has 0 saturated heterocycles. The zero-order valence-corrected chi connectivity index (χ0v) is 16.6. The van der Waals surface area contributed by atoms with Gasteiger partial charge in [0.05, 0.1) is 22.6 Å². The van der Waals surface area contributed by atoms with Crippen LogP contribution in [0.15, 0.2) is 18.2 Å². The molecule has 0 aliphatic carbocycles. The lowest BCUT2D eigenvalue weighted by molar-refractivity contribution is -0.121. The number of halogens is 2. The number of hydrogen-bond acceptors (Lipinski definition) is 4. The van der Waals surface area contributed by atoms with Gasteiger partial charge in [-0.05, 0) is 24.6 Å². The van der Waals surface area contributed by atoms with Crippen LogP contribution in [0.1, 0.15) is 18.7 Å². The molecule has 0 spiro atoms. The average molecular weight is 532 g/mol. The summed E-state index contributed by atoms with van der Waals surface area (Å²) in [7, 11) is 1.56. The van der Waals surface area contributed by atoms with Gasteiger partial charge in [0.1, 0.15) is 6.17 Å². The van der Waals surface area contributed by atoms with Crippen LogP contribution in [0.3, 0.4) is 0 Å². The van der Waals surface area contributed by atoms with Gasteiger partial charge in [-0.2, -0.15) is 0 Å². The molecule has 8 heteroatoms. The molecule has 1 aromatic carbocycles. The van der Waals surface area contributed by atoms with Crippen LogP contribution in [0.25, 0.3) is 0 Å². The molecule has 0 fully saturated rings. The summed E-state index contributed by atoms with van der Waals surface area (Å²) in [5, 5.41) is 5.55. The van der Waals surface area contributed by atoms with Gasteiger partial charge in [-0.1, -0.05) is 51.2 Å². The minimum atomic E-state index is -0.602. The summed E-state index contributed by atoms with van der Waals surface area (Å²) in [4.78, 5) is 23.3. The van der Waals surface area contributed by atoms with E-state index in [-0.39, 0.29) is 11.8 Å². The first-order valence-corrected chi connectivity index (χ1v) is 9.62. The molecule has 0 unspecified atom stereocenters. The number of amides is 2. The first-order chi connectivity index (χ1) is 10.5. The Morgan fingerprint density at radius 3 is 2.18 bits per heavy atom. The number of alkyl halides is 2. The maximum absolute atomic E-state index is 11.7. The molecule has 2 N–H and O–H groups in total. The third-order valence-corrected chi connectivity index (χ3v) is 4.06. The Morgan fingerprint density at radius 1 is 1.14 bits per heavy atom. The van der Waals surface area contributed by atoms with Crippen molar-refractivity contribution < 1.29 is 19.1 Å². The van der Waals surface area contributed by atoms with Crippen LogP contribution in [0.4, 0.5) is 0 Å². The predicted molar refractivity (Wildman–Crippen MR) is 101 cm³/mol. The van der Waals surface area contributed by atoms with Gasteiger partial charge in [0.2, 0.25) is 11.8 Å². The van der Waals surface area contributed by atoms with E-state index in [0.29, 0.717) is 27.0 Å². The van der Waals surface area contributed by atoms with E-state index in [9.17, 15) is 9.59 Å². The molecular weight excluding hydrogens is 514 g/mol. The first kappa shape index (κ1) is 19.3. The highest BCUT2D eigenvalue weighted by atomic mass is 127. The number of rotatable bonds is 8. The maximum Gasteiger partial charge on any atom is 0.231 e. The second-order valence-corrected chi connectivity index (χ2v) is 5.70. The molecule has 122 valence electrons. The normalized spacial score (nSPS) is 10.2. The zero-order chi connectivity index (χ0) is 16.5. The van der Waals surface area contributed by atoms with E-state index in [2.05, 4.69) is 10.6 Å². The van der Waals surface area contributed by atoms with Crippen LogP contribution in [0.2, 0.25) is 0 Å². The molecule has 0 aliphatic rings. The predicted octanol–water partition coefficient (Wildman–Crippen LogP) is 2.19. The van der Waals surface area contributed by atoms with Crippen molar-refractivity contribution in [3.63, 3.8) is 0 Å². The largest absolute Gasteiger partial charge is 0.493 e. The fourth-order valence-corrected chi connectivity index (χ4v) is 2.18. The number of hydrogen-bond donors (Lipinski definition) is 2. The molecule has 0 saturated carbocycles. The summed E-state index contributed by atoms with van der Waals surface area (Å²) in [5.41, 5.74) is 0.723. The van der Waals surface area contributed by atoms with Gasteiger partial charge in [0.15, 0.2) is 11.5 Å². The minimum Gasteiger partial charge on any atom is -0.493 e. The molecule has 2 amide bonds. The number of methoxy groups -OCH3 is 1. The van der Waals surface area contributed by atoms with Crippen LogP contribution in [-0.4, -0.2) is 34.4 Å². The molecule has 0 aliphatic heterocycles. The first-order valence-electron chi connectivity index (χ1n) is 6.57. The van der Waals surface area contributed by atoms with Gasteiger partial charge in [0.25, 0.3) is 0 Å². The second-order valence-electron chi connectivity index (χ2n) is 4.18. The summed E-state index contributed by atoms with van der Waals surface area (Å²) in [6.45, 7) is 2.37. The average Bonchev–Trinajstić information content (AvgIpc) is 2.54. The third kappa shape index (κ3) is 5.78. The van der Waals surface area contributed by atoms with E-state index in [4.69, 9.17) is 9.47 Å². The minimum absolute atomic E-state index is 0.159. The number of nitrogens with one attached hydrogen (secondary N) is 2. The Hall–Kier alpha value is -0.780. The number of carbonyl (C=O) groups is 2. The van der Waals surface area contributed by atoms with Gasteiger partial charge in [-0.25, -0.2) is 0 Å². The van der Waals surface area contributed by atoms with Crippen molar-refractivity contribution in [3.8, 4) is 11.5 Å². The van der Waals surface area contributed by atoms with Gasteiger partial charge >= 0.3 is 0 Å². The Bertz CT molecular complexity index is 508. The van der Waals surface area contributed by atoms with Crippen molar-refractivity contribution in [1.29, 1.82) is 0 Å². The topological polar surface area (TPSA) is 76.7 Å². The zero-order valence-electron chi connectivity index (χ0n) is 12.3. The van der Waals surface area contributed by atoms with Crippen LogP contribution >= 0.6 is 45.2 Å². The molecule has 0 heterocycles. The van der Waals surface area contributed by atoms with E-state index in [1.165, 1.54) is 0 Å². The van der Waals surface area contributed by atoms with Crippen LogP contribution < -0.4 is 20.1 Å². The Labute approximate surface area is 157 Å². The Kier molecular flexibility index (Phi) is 8.83. The lowest BCUT2D eigenvalue weighted by atomic mass is 10.1. The van der Waals surface area contributed by atoms with Crippen LogP contribution in [-0.2, 0) is 9.59 Å². The molecule has 1 rings (SSSR count). The highest BCUT2D eigenvalue weighted by molar-refractivity contribution is 14.1. The van der Waals surface area contributed by atoms with Gasteiger partial charge < -0.3 is 20.1 Å². The number of ether oxygens (including phenoxy) is 2. The fourth-order valence-electron chi connectivity index (χ4n) is 1.74. The second kappa shape index (κ2) is 10.1.